The molecule has 2 aromatic heterocycles. The number of rotatable bonds is 4. The van der Waals surface area contributed by atoms with Crippen molar-refractivity contribution < 1.29 is 20.3 Å². The molecule has 0 unspecified atom stereocenters. The number of hydroxylamine groups is 1. The van der Waals surface area contributed by atoms with Crippen molar-refractivity contribution in [3.63, 3.8) is 0 Å². The number of fused-ring (bicyclic) bond motifs is 2. The highest BCUT2D eigenvalue weighted by Crippen LogP contribution is 2.42. The Balaban J connectivity index is 1.94. The van der Waals surface area contributed by atoms with Crippen molar-refractivity contribution in [2.45, 2.75) is 18.7 Å². The number of phenolic OH excluding ortho intramolecular Hbond substituents is 1. The van der Waals surface area contributed by atoms with Gasteiger partial charge in [0.2, 0.25) is 0 Å². The van der Waals surface area contributed by atoms with Gasteiger partial charge in [0.25, 0.3) is 5.56 Å². The van der Waals surface area contributed by atoms with E-state index in [4.69, 9.17) is 4.84 Å². The van der Waals surface area contributed by atoms with Crippen molar-refractivity contribution in [2.24, 2.45) is 10.3 Å². The number of aromatic nitrogens is 2. The number of phenols is 1. The largest absolute Gasteiger partial charge is 0.506 e. The highest BCUT2D eigenvalue weighted by molar-refractivity contribution is 7.98. The molecule has 0 saturated heterocycles. The summed E-state index contributed by atoms with van der Waals surface area (Å²) < 4.78 is 5.17. The number of hydrogen-bond donors (Lipinski definition) is 3. The van der Waals surface area contributed by atoms with Crippen molar-refractivity contribution in [1.82, 2.24) is 9.71 Å². The Morgan fingerprint density at radius 2 is 2.00 bits per heavy atom. The molecule has 0 saturated carbocycles. The van der Waals surface area contributed by atoms with Gasteiger partial charge in [-0.15, -0.1) is 4.73 Å². The molecule has 4 rings (SSSR count). The predicted octanol–water partition coefficient (Wildman–Crippen LogP) is 2.56. The van der Waals surface area contributed by atoms with Crippen molar-refractivity contribution in [3.05, 3.63) is 52.4 Å². The minimum absolute atomic E-state index is 0.0715. The third-order valence-electron chi connectivity index (χ3n) is 4.25. The Kier molecular flexibility index (Phi) is 4.81. The van der Waals surface area contributed by atoms with Gasteiger partial charge in [0.05, 0.1) is 10.3 Å². The summed E-state index contributed by atoms with van der Waals surface area (Å²) in [4.78, 5) is 23.5. The van der Waals surface area contributed by atoms with Crippen molar-refractivity contribution in [3.8, 4) is 11.5 Å². The highest BCUT2D eigenvalue weighted by Gasteiger charge is 2.31. The first-order chi connectivity index (χ1) is 13.9. The number of anilines is 1. The van der Waals surface area contributed by atoms with E-state index in [1.807, 2.05) is 13.8 Å². The standard InChI is InChI=1S/C19H18N4O5S/c1-10(2)9-28-23-17-11(5-4-8-20-17)16(25)14(19(23)26)18-21-29-13-7-3-6-12(24)15(13)22(18)27/h3-8,10,24-25,27H,9H2,1-2H3. The zero-order valence-electron chi connectivity index (χ0n) is 15.6. The fourth-order valence-corrected chi connectivity index (χ4v) is 3.68. The molecule has 3 aromatic rings. The lowest BCUT2D eigenvalue weighted by Gasteiger charge is -2.26. The molecule has 3 heterocycles. The molecule has 9 nitrogen and oxygen atoms in total. The first kappa shape index (κ1) is 19.1. The van der Waals surface area contributed by atoms with E-state index in [0.29, 0.717) is 9.96 Å². The summed E-state index contributed by atoms with van der Waals surface area (Å²) in [6.45, 7) is 4.10. The van der Waals surface area contributed by atoms with Crippen LogP contribution in [0.4, 0.5) is 5.69 Å². The van der Waals surface area contributed by atoms with Crippen LogP contribution in [0.25, 0.3) is 11.0 Å². The van der Waals surface area contributed by atoms with Crippen LogP contribution in [0.3, 0.4) is 0 Å². The van der Waals surface area contributed by atoms with Crippen LogP contribution in [0.2, 0.25) is 0 Å². The van der Waals surface area contributed by atoms with Gasteiger partial charge in [0.15, 0.2) is 11.5 Å². The van der Waals surface area contributed by atoms with Crippen LogP contribution in [0.5, 0.6) is 11.5 Å². The number of pyridine rings is 2. The molecule has 0 atom stereocenters. The first-order valence-corrected chi connectivity index (χ1v) is 9.59. The summed E-state index contributed by atoms with van der Waals surface area (Å²) in [5.41, 5.74) is -0.775. The molecule has 150 valence electrons. The lowest BCUT2D eigenvalue weighted by molar-refractivity contribution is 0.0891. The molecule has 1 aliphatic rings. The van der Waals surface area contributed by atoms with Crippen molar-refractivity contribution in [1.29, 1.82) is 0 Å². The Morgan fingerprint density at radius 3 is 2.76 bits per heavy atom. The highest BCUT2D eigenvalue weighted by atomic mass is 32.2. The maximum Gasteiger partial charge on any atom is 0.300 e. The number of aromatic hydroxyl groups is 2. The summed E-state index contributed by atoms with van der Waals surface area (Å²) in [6.07, 6.45) is 1.48. The first-order valence-electron chi connectivity index (χ1n) is 8.82. The smallest absolute Gasteiger partial charge is 0.300 e. The average Bonchev–Trinajstić information content (AvgIpc) is 2.69. The van der Waals surface area contributed by atoms with Gasteiger partial charge in [-0.05, 0) is 30.2 Å². The van der Waals surface area contributed by atoms with E-state index in [1.54, 1.807) is 24.3 Å². The van der Waals surface area contributed by atoms with Gasteiger partial charge in [-0.2, -0.15) is 9.46 Å². The lowest BCUT2D eigenvalue weighted by atomic mass is 10.1. The Bertz CT molecular complexity index is 1190. The predicted molar refractivity (Wildman–Crippen MR) is 109 cm³/mol. The van der Waals surface area contributed by atoms with Crippen molar-refractivity contribution >= 4 is 34.5 Å². The molecule has 1 aliphatic heterocycles. The van der Waals surface area contributed by atoms with Crippen LogP contribution in [0, 0.1) is 5.92 Å². The number of benzene rings is 1. The van der Waals surface area contributed by atoms with Gasteiger partial charge in [0, 0.05) is 18.1 Å². The zero-order valence-corrected chi connectivity index (χ0v) is 16.4. The van der Waals surface area contributed by atoms with Crippen LogP contribution in [0.15, 0.2) is 50.6 Å². The second-order valence-electron chi connectivity index (χ2n) is 6.83. The second kappa shape index (κ2) is 7.30. The molecule has 0 aliphatic carbocycles. The molecule has 29 heavy (non-hydrogen) atoms. The van der Waals surface area contributed by atoms with E-state index >= 15 is 0 Å². The lowest BCUT2D eigenvalue weighted by Crippen LogP contribution is -2.39. The molecule has 0 spiro atoms. The molecule has 3 N–H and O–H groups in total. The van der Waals surface area contributed by atoms with Gasteiger partial charge in [-0.1, -0.05) is 19.9 Å². The fourth-order valence-electron chi connectivity index (χ4n) is 2.91. The Labute approximate surface area is 169 Å². The molecule has 0 fully saturated rings. The summed E-state index contributed by atoms with van der Waals surface area (Å²) in [5.74, 6) is -0.666. The number of hydrogen-bond acceptors (Lipinski definition) is 9. The van der Waals surface area contributed by atoms with Gasteiger partial charge >= 0.3 is 0 Å². The van der Waals surface area contributed by atoms with Crippen LogP contribution in [-0.2, 0) is 0 Å². The van der Waals surface area contributed by atoms with E-state index in [1.165, 1.54) is 12.3 Å². The third-order valence-corrected chi connectivity index (χ3v) is 5.04. The number of nitrogens with zero attached hydrogens (tertiary/aromatic N) is 4. The number of para-hydroxylation sites is 1. The quantitative estimate of drug-likeness (QED) is 0.557. The van der Waals surface area contributed by atoms with E-state index in [-0.39, 0.29) is 52.1 Å². The second-order valence-corrected chi connectivity index (χ2v) is 7.63. The third kappa shape index (κ3) is 3.15. The minimum atomic E-state index is -0.730. The topological polar surface area (TPSA) is 120 Å². The van der Waals surface area contributed by atoms with E-state index in [0.717, 1.165) is 16.7 Å². The SMILES string of the molecule is CC(C)COn1c(=O)c(C2=NSc3cccc(O)c3N2O)c(O)c2cccnc21. The maximum absolute atomic E-state index is 13.2. The average molecular weight is 414 g/mol. The summed E-state index contributed by atoms with van der Waals surface area (Å²) in [7, 11) is 0. The monoisotopic (exact) mass is 414 g/mol. The molecular weight excluding hydrogens is 396 g/mol. The maximum atomic E-state index is 13.2. The van der Waals surface area contributed by atoms with Crippen LogP contribution in [0.1, 0.15) is 19.4 Å². The van der Waals surface area contributed by atoms with Gasteiger partial charge in [0.1, 0.15) is 29.4 Å². The van der Waals surface area contributed by atoms with Crippen LogP contribution >= 0.6 is 11.9 Å². The summed E-state index contributed by atoms with van der Waals surface area (Å²) >= 11 is 0.967. The van der Waals surface area contributed by atoms with Gasteiger partial charge in [-0.3, -0.25) is 10.0 Å². The van der Waals surface area contributed by atoms with Crippen molar-refractivity contribution in [2.75, 3.05) is 11.7 Å². The van der Waals surface area contributed by atoms with E-state index < -0.39 is 5.56 Å². The zero-order chi connectivity index (χ0) is 20.7. The molecule has 0 amide bonds. The Morgan fingerprint density at radius 1 is 1.21 bits per heavy atom. The summed E-state index contributed by atoms with van der Waals surface area (Å²) in [5, 5.41) is 32.5. The molecule has 1 aromatic carbocycles. The van der Waals surface area contributed by atoms with E-state index in [9.17, 15) is 20.2 Å². The van der Waals surface area contributed by atoms with Gasteiger partial charge < -0.3 is 15.1 Å². The fraction of sp³-hybridized carbons (Fsp3) is 0.211. The van der Waals surface area contributed by atoms with E-state index in [2.05, 4.69) is 9.38 Å². The molecule has 0 radical (unpaired) electrons. The number of amidine groups is 1. The molecular formula is C19H18N4O5S. The van der Waals surface area contributed by atoms with Crippen LogP contribution < -0.4 is 15.5 Å². The summed E-state index contributed by atoms with van der Waals surface area (Å²) in [6, 6.07) is 7.87. The molecule has 0 bridgehead atoms. The Hall–Kier alpha value is -3.24. The minimum Gasteiger partial charge on any atom is -0.506 e. The van der Waals surface area contributed by atoms with Gasteiger partial charge in [-0.25, -0.2) is 4.98 Å². The normalized spacial score (nSPS) is 13.5. The molecule has 10 heteroatoms. The van der Waals surface area contributed by atoms with Crippen LogP contribution in [-0.4, -0.2) is 37.6 Å².